The van der Waals surface area contributed by atoms with Gasteiger partial charge in [0.25, 0.3) is 0 Å². The SMILES string of the molecule is Cl.NC(=O)c1ccc(Nc2ncc(-c3ccccc3C(=O)O)c(N)n2)cc1. The van der Waals surface area contributed by atoms with Gasteiger partial charge in [-0.05, 0) is 30.3 Å². The lowest BCUT2D eigenvalue weighted by molar-refractivity contribution is 0.0697. The van der Waals surface area contributed by atoms with Crippen LogP contribution in [-0.2, 0) is 0 Å². The van der Waals surface area contributed by atoms with Crippen molar-refractivity contribution in [2.24, 2.45) is 5.73 Å². The van der Waals surface area contributed by atoms with Gasteiger partial charge in [0.15, 0.2) is 0 Å². The van der Waals surface area contributed by atoms with Gasteiger partial charge >= 0.3 is 5.97 Å². The van der Waals surface area contributed by atoms with E-state index in [4.69, 9.17) is 11.5 Å². The van der Waals surface area contributed by atoms with Gasteiger partial charge in [-0.15, -0.1) is 12.4 Å². The molecular weight excluding hydrogens is 370 g/mol. The van der Waals surface area contributed by atoms with Crippen molar-refractivity contribution < 1.29 is 14.7 Å². The number of aromatic carboxylic acids is 1. The number of amides is 1. The lowest BCUT2D eigenvalue weighted by atomic mass is 10.0. The molecule has 8 nitrogen and oxygen atoms in total. The molecule has 0 saturated carbocycles. The molecule has 0 aliphatic heterocycles. The molecule has 0 radical (unpaired) electrons. The van der Waals surface area contributed by atoms with Crippen LogP contribution in [0.1, 0.15) is 20.7 Å². The first-order valence-corrected chi connectivity index (χ1v) is 7.58. The molecule has 0 aliphatic carbocycles. The molecular formula is C18H16ClN5O3. The van der Waals surface area contributed by atoms with Crippen molar-refractivity contribution >= 4 is 41.7 Å². The molecule has 138 valence electrons. The Morgan fingerprint density at radius 2 is 1.67 bits per heavy atom. The Hall–Kier alpha value is -3.65. The molecule has 6 N–H and O–H groups in total. The fourth-order valence-electron chi connectivity index (χ4n) is 2.41. The van der Waals surface area contributed by atoms with E-state index in [1.165, 1.54) is 12.3 Å². The van der Waals surface area contributed by atoms with Crippen LogP contribution >= 0.6 is 12.4 Å². The van der Waals surface area contributed by atoms with Crippen molar-refractivity contribution in [3.8, 4) is 11.1 Å². The number of nitrogens with one attached hydrogen (secondary N) is 1. The number of benzene rings is 2. The quantitative estimate of drug-likeness (QED) is 0.528. The summed E-state index contributed by atoms with van der Waals surface area (Å²) in [5.74, 6) is -1.19. The first-order valence-electron chi connectivity index (χ1n) is 7.58. The lowest BCUT2D eigenvalue weighted by Crippen LogP contribution is -2.10. The Labute approximate surface area is 160 Å². The third kappa shape index (κ3) is 4.31. The highest BCUT2D eigenvalue weighted by molar-refractivity contribution is 5.97. The molecule has 0 bridgehead atoms. The van der Waals surface area contributed by atoms with Crippen molar-refractivity contribution in [1.82, 2.24) is 9.97 Å². The minimum atomic E-state index is -1.06. The first kappa shape index (κ1) is 19.7. The topological polar surface area (TPSA) is 144 Å². The van der Waals surface area contributed by atoms with Crippen LogP contribution in [-0.4, -0.2) is 27.0 Å². The molecule has 1 amide bonds. The predicted molar refractivity (Wildman–Crippen MR) is 104 cm³/mol. The number of anilines is 3. The van der Waals surface area contributed by atoms with Crippen LogP contribution in [0.2, 0.25) is 0 Å². The second-order valence-corrected chi connectivity index (χ2v) is 5.41. The molecule has 3 aromatic rings. The Kier molecular flexibility index (Phi) is 5.94. The van der Waals surface area contributed by atoms with Crippen molar-refractivity contribution in [2.75, 3.05) is 11.1 Å². The van der Waals surface area contributed by atoms with Gasteiger partial charge in [-0.3, -0.25) is 4.79 Å². The number of nitrogens with zero attached hydrogens (tertiary/aromatic N) is 2. The summed E-state index contributed by atoms with van der Waals surface area (Å²) in [6, 6.07) is 13.0. The number of halogens is 1. The number of aromatic nitrogens is 2. The molecule has 3 rings (SSSR count). The minimum absolute atomic E-state index is 0. The Bertz CT molecular complexity index is 993. The van der Waals surface area contributed by atoms with Gasteiger partial charge in [-0.2, -0.15) is 4.98 Å². The second kappa shape index (κ2) is 8.15. The summed E-state index contributed by atoms with van der Waals surface area (Å²) < 4.78 is 0. The van der Waals surface area contributed by atoms with Crippen LogP contribution in [0.25, 0.3) is 11.1 Å². The standard InChI is InChI=1S/C18H15N5O3.ClH/c19-15-14(12-3-1-2-4-13(12)17(25)26)9-21-18(23-15)22-11-7-5-10(6-8-11)16(20)24;/h1-9H,(H2,20,24)(H,25,26)(H3,19,21,22,23);1H. The number of rotatable bonds is 5. The maximum Gasteiger partial charge on any atom is 0.336 e. The van der Waals surface area contributed by atoms with Crippen molar-refractivity contribution in [1.29, 1.82) is 0 Å². The number of hydrogen-bond donors (Lipinski definition) is 4. The fourth-order valence-corrected chi connectivity index (χ4v) is 2.41. The van der Waals surface area contributed by atoms with Crippen LogP contribution in [0.4, 0.5) is 17.5 Å². The highest BCUT2D eigenvalue weighted by Gasteiger charge is 2.14. The van der Waals surface area contributed by atoms with Crippen LogP contribution in [0.5, 0.6) is 0 Å². The van der Waals surface area contributed by atoms with Crippen molar-refractivity contribution in [3.63, 3.8) is 0 Å². The van der Waals surface area contributed by atoms with Gasteiger partial charge in [0.1, 0.15) is 5.82 Å². The van der Waals surface area contributed by atoms with E-state index in [0.29, 0.717) is 22.4 Å². The molecule has 9 heteroatoms. The van der Waals surface area contributed by atoms with E-state index in [1.54, 1.807) is 42.5 Å². The molecule has 27 heavy (non-hydrogen) atoms. The zero-order valence-electron chi connectivity index (χ0n) is 13.9. The van der Waals surface area contributed by atoms with Gasteiger partial charge in [-0.25, -0.2) is 9.78 Å². The lowest BCUT2D eigenvalue weighted by Gasteiger charge is -2.10. The Balaban J connectivity index is 0.00000261. The molecule has 0 unspecified atom stereocenters. The monoisotopic (exact) mass is 385 g/mol. The molecule has 0 spiro atoms. The maximum atomic E-state index is 11.4. The average molecular weight is 386 g/mol. The number of carboxylic acids is 1. The summed E-state index contributed by atoms with van der Waals surface area (Å²) in [6.07, 6.45) is 1.46. The summed E-state index contributed by atoms with van der Waals surface area (Å²) in [5, 5.41) is 12.3. The molecule has 0 atom stereocenters. The van der Waals surface area contributed by atoms with Crippen LogP contribution in [0.3, 0.4) is 0 Å². The zero-order chi connectivity index (χ0) is 18.7. The molecule has 1 aromatic heterocycles. The summed E-state index contributed by atoms with van der Waals surface area (Å²) in [5.41, 5.74) is 13.2. The number of carbonyl (C=O) groups excluding carboxylic acids is 1. The van der Waals surface area contributed by atoms with Crippen LogP contribution in [0.15, 0.2) is 54.7 Å². The number of nitrogen functional groups attached to an aromatic ring is 1. The van der Waals surface area contributed by atoms with Gasteiger partial charge in [0, 0.05) is 28.6 Å². The highest BCUT2D eigenvalue weighted by Crippen LogP contribution is 2.28. The highest BCUT2D eigenvalue weighted by atomic mass is 35.5. The van der Waals surface area contributed by atoms with E-state index in [2.05, 4.69) is 15.3 Å². The third-order valence-electron chi connectivity index (χ3n) is 3.69. The van der Waals surface area contributed by atoms with Crippen LogP contribution < -0.4 is 16.8 Å². The smallest absolute Gasteiger partial charge is 0.336 e. The largest absolute Gasteiger partial charge is 0.478 e. The molecule has 0 aliphatic rings. The summed E-state index contributed by atoms with van der Waals surface area (Å²) in [6.45, 7) is 0. The van der Waals surface area contributed by atoms with E-state index in [-0.39, 0.29) is 29.7 Å². The number of carboxylic acid groups (broad SMARTS) is 1. The maximum absolute atomic E-state index is 11.4. The molecule has 1 heterocycles. The minimum Gasteiger partial charge on any atom is -0.478 e. The number of hydrogen-bond acceptors (Lipinski definition) is 6. The third-order valence-corrected chi connectivity index (χ3v) is 3.69. The summed E-state index contributed by atoms with van der Waals surface area (Å²) in [7, 11) is 0. The van der Waals surface area contributed by atoms with Gasteiger partial charge < -0.3 is 21.9 Å². The van der Waals surface area contributed by atoms with Gasteiger partial charge in [0.2, 0.25) is 11.9 Å². The molecule has 0 saturated heterocycles. The van der Waals surface area contributed by atoms with E-state index in [0.717, 1.165) is 0 Å². The number of carbonyl (C=O) groups is 2. The van der Waals surface area contributed by atoms with Gasteiger partial charge in [0.05, 0.1) is 5.56 Å². The molecule has 2 aromatic carbocycles. The Morgan fingerprint density at radius 1 is 1.00 bits per heavy atom. The average Bonchev–Trinajstić information content (AvgIpc) is 2.62. The van der Waals surface area contributed by atoms with E-state index < -0.39 is 11.9 Å². The number of primary amides is 1. The van der Waals surface area contributed by atoms with E-state index in [1.807, 2.05) is 0 Å². The first-order chi connectivity index (χ1) is 12.5. The van der Waals surface area contributed by atoms with Gasteiger partial charge in [-0.1, -0.05) is 18.2 Å². The molecule has 0 fully saturated rings. The number of nitrogens with two attached hydrogens (primary N) is 2. The zero-order valence-corrected chi connectivity index (χ0v) is 14.7. The van der Waals surface area contributed by atoms with Crippen LogP contribution in [0, 0.1) is 0 Å². The van der Waals surface area contributed by atoms with E-state index >= 15 is 0 Å². The summed E-state index contributed by atoms with van der Waals surface area (Å²) >= 11 is 0. The summed E-state index contributed by atoms with van der Waals surface area (Å²) in [4.78, 5) is 30.8. The predicted octanol–water partition coefficient (Wildman–Crippen LogP) is 2.69. The Morgan fingerprint density at radius 3 is 2.26 bits per heavy atom. The second-order valence-electron chi connectivity index (χ2n) is 5.41. The normalized spacial score (nSPS) is 9.93. The van der Waals surface area contributed by atoms with E-state index in [9.17, 15) is 14.7 Å². The fraction of sp³-hybridized carbons (Fsp3) is 0. The van der Waals surface area contributed by atoms with Crippen molar-refractivity contribution in [3.05, 3.63) is 65.9 Å². The van der Waals surface area contributed by atoms with Crippen molar-refractivity contribution in [2.45, 2.75) is 0 Å².